The summed E-state index contributed by atoms with van der Waals surface area (Å²) in [5, 5.41) is 7.11. The SMILES string of the molecule is O=C(CSCc1noc2c1CCCC2)Nc1ccccc1I. The van der Waals surface area contributed by atoms with Gasteiger partial charge in [-0.15, -0.1) is 11.8 Å². The average molecular weight is 428 g/mol. The molecule has 3 rings (SSSR count). The number of hydrogen-bond acceptors (Lipinski definition) is 4. The Labute approximate surface area is 147 Å². The van der Waals surface area contributed by atoms with Crippen molar-refractivity contribution in [3.63, 3.8) is 0 Å². The minimum Gasteiger partial charge on any atom is -0.361 e. The molecule has 0 spiro atoms. The van der Waals surface area contributed by atoms with Crippen molar-refractivity contribution in [3.8, 4) is 0 Å². The van der Waals surface area contributed by atoms with E-state index in [1.165, 1.54) is 18.4 Å². The van der Waals surface area contributed by atoms with Gasteiger partial charge in [0.25, 0.3) is 0 Å². The van der Waals surface area contributed by atoms with Crippen molar-refractivity contribution in [3.05, 3.63) is 44.9 Å². The molecule has 116 valence electrons. The molecule has 1 amide bonds. The van der Waals surface area contributed by atoms with Gasteiger partial charge in [-0.2, -0.15) is 0 Å². The molecule has 0 aliphatic heterocycles. The molecule has 22 heavy (non-hydrogen) atoms. The zero-order valence-electron chi connectivity index (χ0n) is 12.1. The monoisotopic (exact) mass is 428 g/mol. The molecule has 0 radical (unpaired) electrons. The van der Waals surface area contributed by atoms with Gasteiger partial charge in [-0.25, -0.2) is 0 Å². The number of benzene rings is 1. The summed E-state index contributed by atoms with van der Waals surface area (Å²) in [6.45, 7) is 0. The Morgan fingerprint density at radius 2 is 2.14 bits per heavy atom. The second-order valence-corrected chi connectivity index (χ2v) is 7.41. The number of aryl methyl sites for hydroxylation is 1. The van der Waals surface area contributed by atoms with Crippen LogP contribution in [-0.4, -0.2) is 16.8 Å². The molecule has 0 unspecified atom stereocenters. The molecule has 0 fully saturated rings. The van der Waals surface area contributed by atoms with Gasteiger partial charge in [-0.1, -0.05) is 17.3 Å². The molecule has 0 saturated carbocycles. The normalized spacial score (nSPS) is 13.7. The van der Waals surface area contributed by atoms with E-state index in [0.29, 0.717) is 5.75 Å². The van der Waals surface area contributed by atoms with Crippen LogP contribution in [0.2, 0.25) is 0 Å². The van der Waals surface area contributed by atoms with Crippen molar-refractivity contribution in [1.29, 1.82) is 0 Å². The lowest BCUT2D eigenvalue weighted by molar-refractivity contribution is -0.113. The predicted octanol–water partition coefficient (Wildman–Crippen LogP) is 4.03. The standard InChI is InChI=1S/C16H17IN2O2S/c17-12-6-2-3-7-13(12)18-16(20)10-22-9-14-11-5-1-4-8-15(11)21-19-14/h2-3,6-7H,1,4-5,8-10H2,(H,18,20). The highest BCUT2D eigenvalue weighted by atomic mass is 127. The third-order valence-corrected chi connectivity index (χ3v) is 5.54. The second kappa shape index (κ2) is 7.50. The lowest BCUT2D eigenvalue weighted by Crippen LogP contribution is -2.15. The van der Waals surface area contributed by atoms with Crippen LogP contribution in [0.15, 0.2) is 28.8 Å². The van der Waals surface area contributed by atoms with Crippen LogP contribution in [0, 0.1) is 3.57 Å². The first-order valence-electron chi connectivity index (χ1n) is 7.32. The largest absolute Gasteiger partial charge is 0.361 e. The number of nitrogens with one attached hydrogen (secondary N) is 1. The lowest BCUT2D eigenvalue weighted by atomic mass is 9.97. The Bertz CT molecular complexity index is 672. The van der Waals surface area contributed by atoms with Gasteiger partial charge in [-0.05, 0) is 54.0 Å². The molecule has 0 saturated heterocycles. The Morgan fingerprint density at radius 3 is 3.00 bits per heavy atom. The number of hydrogen-bond donors (Lipinski definition) is 1. The van der Waals surface area contributed by atoms with E-state index < -0.39 is 0 Å². The van der Waals surface area contributed by atoms with Crippen molar-refractivity contribution < 1.29 is 9.32 Å². The van der Waals surface area contributed by atoms with Crippen LogP contribution >= 0.6 is 34.4 Å². The maximum atomic E-state index is 12.0. The van der Waals surface area contributed by atoms with Gasteiger partial charge in [0.15, 0.2) is 0 Å². The van der Waals surface area contributed by atoms with Gasteiger partial charge < -0.3 is 9.84 Å². The maximum absolute atomic E-state index is 12.0. The third kappa shape index (κ3) is 3.84. The Morgan fingerprint density at radius 1 is 1.32 bits per heavy atom. The number of amides is 1. The molecular formula is C16H17IN2O2S. The number of nitrogens with zero attached hydrogens (tertiary/aromatic N) is 1. The molecule has 1 aromatic heterocycles. The van der Waals surface area contributed by atoms with Crippen LogP contribution in [0.1, 0.15) is 29.9 Å². The Kier molecular flexibility index (Phi) is 5.41. The first kappa shape index (κ1) is 15.9. The van der Waals surface area contributed by atoms with Crippen LogP contribution in [0.5, 0.6) is 0 Å². The smallest absolute Gasteiger partial charge is 0.234 e. The van der Waals surface area contributed by atoms with E-state index in [-0.39, 0.29) is 5.91 Å². The molecule has 6 heteroatoms. The molecule has 4 nitrogen and oxygen atoms in total. The molecule has 1 aromatic carbocycles. The molecule has 0 atom stereocenters. The fourth-order valence-corrected chi connectivity index (χ4v) is 3.85. The quantitative estimate of drug-likeness (QED) is 0.731. The maximum Gasteiger partial charge on any atom is 0.234 e. The van der Waals surface area contributed by atoms with Crippen LogP contribution < -0.4 is 5.32 Å². The van der Waals surface area contributed by atoms with Gasteiger partial charge in [0.1, 0.15) is 5.76 Å². The Hall–Kier alpha value is -1.02. The number of anilines is 1. The zero-order valence-corrected chi connectivity index (χ0v) is 15.1. The summed E-state index contributed by atoms with van der Waals surface area (Å²) in [6, 6.07) is 7.77. The molecule has 2 aromatic rings. The number of halogens is 1. The van der Waals surface area contributed by atoms with E-state index in [1.807, 2.05) is 24.3 Å². The number of carbonyl (C=O) groups excluding carboxylic acids is 1. The highest BCUT2D eigenvalue weighted by Gasteiger charge is 2.19. The van der Waals surface area contributed by atoms with E-state index >= 15 is 0 Å². The Balaban J connectivity index is 1.50. The number of aromatic nitrogens is 1. The number of para-hydroxylation sites is 1. The van der Waals surface area contributed by atoms with Crippen molar-refractivity contribution in [2.45, 2.75) is 31.4 Å². The third-order valence-electron chi connectivity index (χ3n) is 3.65. The summed E-state index contributed by atoms with van der Waals surface area (Å²) in [6.07, 6.45) is 4.45. The average Bonchev–Trinajstić information content (AvgIpc) is 2.93. The minimum absolute atomic E-state index is 0.0199. The van der Waals surface area contributed by atoms with Crippen LogP contribution in [0.3, 0.4) is 0 Å². The predicted molar refractivity (Wildman–Crippen MR) is 97.1 cm³/mol. The summed E-state index contributed by atoms with van der Waals surface area (Å²) < 4.78 is 6.44. The molecule has 1 N–H and O–H groups in total. The van der Waals surface area contributed by atoms with Gasteiger partial charge >= 0.3 is 0 Å². The van der Waals surface area contributed by atoms with Crippen molar-refractivity contribution in [2.75, 3.05) is 11.1 Å². The van der Waals surface area contributed by atoms with Gasteiger partial charge in [0.05, 0.1) is 17.1 Å². The summed E-state index contributed by atoms with van der Waals surface area (Å²) in [4.78, 5) is 12.0. The lowest BCUT2D eigenvalue weighted by Gasteiger charge is -2.09. The van der Waals surface area contributed by atoms with Crippen LogP contribution in [-0.2, 0) is 23.4 Å². The number of carbonyl (C=O) groups is 1. The summed E-state index contributed by atoms with van der Waals surface area (Å²) >= 11 is 3.80. The number of rotatable bonds is 5. The van der Waals surface area contributed by atoms with E-state index in [4.69, 9.17) is 4.52 Å². The zero-order chi connectivity index (χ0) is 15.4. The topological polar surface area (TPSA) is 55.1 Å². The van der Waals surface area contributed by atoms with Gasteiger partial charge in [-0.3, -0.25) is 4.79 Å². The minimum atomic E-state index is 0.0199. The molecule has 1 aliphatic rings. The van der Waals surface area contributed by atoms with Gasteiger partial charge in [0.2, 0.25) is 5.91 Å². The number of fused-ring (bicyclic) bond motifs is 1. The van der Waals surface area contributed by atoms with Gasteiger partial charge in [0, 0.05) is 21.3 Å². The first-order chi connectivity index (χ1) is 10.7. The van der Waals surface area contributed by atoms with Crippen LogP contribution in [0.4, 0.5) is 5.69 Å². The summed E-state index contributed by atoms with van der Waals surface area (Å²) in [7, 11) is 0. The van der Waals surface area contributed by atoms with Crippen molar-refractivity contribution >= 4 is 45.9 Å². The van der Waals surface area contributed by atoms with E-state index in [1.54, 1.807) is 11.8 Å². The van der Waals surface area contributed by atoms with E-state index in [2.05, 4.69) is 33.1 Å². The van der Waals surface area contributed by atoms with Crippen LogP contribution in [0.25, 0.3) is 0 Å². The van der Waals surface area contributed by atoms with E-state index in [0.717, 1.165) is 39.3 Å². The molecular weight excluding hydrogens is 411 g/mol. The summed E-state index contributed by atoms with van der Waals surface area (Å²) in [5.74, 6) is 2.22. The molecule has 0 bridgehead atoms. The highest BCUT2D eigenvalue weighted by molar-refractivity contribution is 14.1. The van der Waals surface area contributed by atoms with Crippen molar-refractivity contribution in [2.24, 2.45) is 0 Å². The summed E-state index contributed by atoms with van der Waals surface area (Å²) in [5.41, 5.74) is 3.16. The van der Waals surface area contributed by atoms with E-state index in [9.17, 15) is 4.79 Å². The first-order valence-corrected chi connectivity index (χ1v) is 9.56. The fraction of sp³-hybridized carbons (Fsp3) is 0.375. The highest BCUT2D eigenvalue weighted by Crippen LogP contribution is 2.26. The molecule has 1 heterocycles. The number of thioether (sulfide) groups is 1. The second-order valence-electron chi connectivity index (χ2n) is 5.26. The van der Waals surface area contributed by atoms with Crippen molar-refractivity contribution in [1.82, 2.24) is 5.16 Å². The molecule has 1 aliphatic carbocycles. The fourth-order valence-electron chi connectivity index (χ4n) is 2.55.